The van der Waals surface area contributed by atoms with E-state index < -0.39 is 37.7 Å². The van der Waals surface area contributed by atoms with Crippen LogP contribution in [0.2, 0.25) is 5.02 Å². The third-order valence-electron chi connectivity index (χ3n) is 4.98. The number of pyridine rings is 1. The van der Waals surface area contributed by atoms with Gasteiger partial charge in [0, 0.05) is 23.9 Å². The van der Waals surface area contributed by atoms with Gasteiger partial charge in [0.2, 0.25) is 0 Å². The molecule has 1 aromatic carbocycles. The van der Waals surface area contributed by atoms with Crippen molar-refractivity contribution in [2.24, 2.45) is 5.92 Å². The molecule has 0 fully saturated rings. The molecule has 31 heavy (non-hydrogen) atoms. The highest BCUT2D eigenvalue weighted by Crippen LogP contribution is 2.44. The molecular weight excluding hydrogens is 460 g/mol. The lowest BCUT2D eigenvalue weighted by Crippen LogP contribution is -2.32. The fourth-order valence-corrected chi connectivity index (χ4v) is 4.48. The molecule has 5 nitrogen and oxygen atoms in total. The van der Waals surface area contributed by atoms with E-state index in [1.807, 2.05) is 0 Å². The van der Waals surface area contributed by atoms with E-state index in [0.29, 0.717) is 5.57 Å². The lowest BCUT2D eigenvalue weighted by atomic mass is 9.78. The van der Waals surface area contributed by atoms with Crippen LogP contribution in [0.4, 0.5) is 23.2 Å². The summed E-state index contributed by atoms with van der Waals surface area (Å²) in [7, 11) is -5.48. The molecule has 1 aliphatic carbocycles. The molecule has 0 radical (unpaired) electrons. The first-order valence-electron chi connectivity index (χ1n) is 9.08. The van der Waals surface area contributed by atoms with E-state index in [1.54, 1.807) is 13.0 Å². The van der Waals surface area contributed by atoms with Crippen molar-refractivity contribution < 1.29 is 30.8 Å². The summed E-state index contributed by atoms with van der Waals surface area (Å²) in [6.07, 6.45) is 2.71. The highest BCUT2D eigenvalue weighted by molar-refractivity contribution is 7.92. The first kappa shape index (κ1) is 23.2. The second-order valence-electron chi connectivity index (χ2n) is 7.20. The number of sulfone groups is 1. The van der Waals surface area contributed by atoms with E-state index in [9.17, 15) is 26.4 Å². The fourth-order valence-electron chi connectivity index (χ4n) is 3.43. The van der Waals surface area contributed by atoms with E-state index in [-0.39, 0.29) is 29.2 Å². The van der Waals surface area contributed by atoms with Gasteiger partial charge >= 0.3 is 5.51 Å². The van der Waals surface area contributed by atoms with Crippen molar-refractivity contribution in [2.45, 2.75) is 35.8 Å². The second-order valence-corrected chi connectivity index (χ2v) is 9.54. The molecule has 0 aliphatic heterocycles. The third-order valence-corrected chi connectivity index (χ3v) is 6.79. The van der Waals surface area contributed by atoms with Crippen LogP contribution in [0.3, 0.4) is 0 Å². The predicted molar refractivity (Wildman–Crippen MR) is 107 cm³/mol. The maximum Gasteiger partial charge on any atom is 0.501 e. The Hall–Kier alpha value is -2.46. The molecule has 2 atom stereocenters. The number of nitrogens with zero attached hydrogens (tertiary/aromatic N) is 1. The highest BCUT2D eigenvalue weighted by atomic mass is 35.5. The van der Waals surface area contributed by atoms with E-state index in [4.69, 9.17) is 11.6 Å². The topological polar surface area (TPSA) is 76.1 Å². The van der Waals surface area contributed by atoms with E-state index in [1.165, 1.54) is 18.3 Å². The molecule has 1 heterocycles. The number of amides is 1. The molecule has 3 rings (SSSR count). The van der Waals surface area contributed by atoms with Crippen LogP contribution in [0.1, 0.15) is 25.5 Å². The van der Waals surface area contributed by atoms with Crippen molar-refractivity contribution in [2.75, 3.05) is 5.32 Å². The summed E-state index contributed by atoms with van der Waals surface area (Å²) in [5, 5.41) is 2.68. The van der Waals surface area contributed by atoms with Crippen LogP contribution in [0, 0.1) is 5.92 Å². The monoisotopic (exact) mass is 476 g/mol. The van der Waals surface area contributed by atoms with Gasteiger partial charge in [-0.05, 0) is 48.7 Å². The largest absolute Gasteiger partial charge is 0.501 e. The fraction of sp³-hybridized carbons (Fsp3) is 0.300. The lowest BCUT2D eigenvalue weighted by Gasteiger charge is -2.32. The molecular formula is C20H17ClF4N2O3S. The Morgan fingerprint density at radius 1 is 1.23 bits per heavy atom. The zero-order valence-electron chi connectivity index (χ0n) is 16.1. The summed E-state index contributed by atoms with van der Waals surface area (Å²) in [6, 6.07) is 6.74. The van der Waals surface area contributed by atoms with Crippen molar-refractivity contribution in [3.05, 3.63) is 65.0 Å². The Bertz CT molecular complexity index is 1130. The van der Waals surface area contributed by atoms with Crippen molar-refractivity contribution in [3.8, 4) is 0 Å². The van der Waals surface area contributed by atoms with Crippen LogP contribution in [-0.2, 0) is 20.3 Å². The number of carbonyl (C=O) groups is 1. The molecule has 2 unspecified atom stereocenters. The number of anilines is 1. The van der Waals surface area contributed by atoms with Gasteiger partial charge in [-0.25, -0.2) is 12.8 Å². The van der Waals surface area contributed by atoms with Gasteiger partial charge in [-0.3, -0.25) is 9.78 Å². The van der Waals surface area contributed by atoms with Gasteiger partial charge in [0.25, 0.3) is 15.7 Å². The van der Waals surface area contributed by atoms with Crippen molar-refractivity contribution in [1.82, 2.24) is 4.98 Å². The standard InChI is InChI=1S/C20H17ClF4N2O3S/c1-12-11-19(22,17-16(21)3-2-10-26-17)9-8-15(12)18(28)27-13-4-6-14(7-5-13)31(29,30)20(23,24)25/h2-8,10,12H,9,11H2,1H3,(H,27,28). The number of aromatic nitrogens is 1. The minimum atomic E-state index is -5.48. The molecule has 166 valence electrons. The summed E-state index contributed by atoms with van der Waals surface area (Å²) in [4.78, 5) is 15.7. The number of alkyl halides is 4. The first-order chi connectivity index (χ1) is 14.3. The van der Waals surface area contributed by atoms with Gasteiger partial charge in [0.15, 0.2) is 5.67 Å². The summed E-state index contributed by atoms with van der Waals surface area (Å²) in [5.74, 6) is -1.06. The number of allylic oxidation sites excluding steroid dienone is 1. The zero-order valence-corrected chi connectivity index (χ0v) is 17.7. The molecule has 2 aromatic rings. The third kappa shape index (κ3) is 4.59. The number of benzene rings is 1. The van der Waals surface area contributed by atoms with Crippen LogP contribution in [-0.4, -0.2) is 24.8 Å². The summed E-state index contributed by atoms with van der Waals surface area (Å²) >= 11 is 6.06. The second kappa shape index (κ2) is 8.23. The van der Waals surface area contributed by atoms with Crippen LogP contribution in [0.15, 0.2) is 59.1 Å². The molecule has 0 bridgehead atoms. The minimum Gasteiger partial charge on any atom is -0.322 e. The number of halogens is 5. The van der Waals surface area contributed by atoms with Crippen LogP contribution >= 0.6 is 11.6 Å². The molecule has 0 saturated carbocycles. The molecule has 0 saturated heterocycles. The Kier molecular flexibility index (Phi) is 6.16. The maximum absolute atomic E-state index is 15.5. The summed E-state index contributed by atoms with van der Waals surface area (Å²) < 4.78 is 76.1. The Labute approximate surface area is 181 Å². The number of hydrogen-bond acceptors (Lipinski definition) is 4. The number of carbonyl (C=O) groups excluding carboxylic acids is 1. The number of nitrogens with one attached hydrogen (secondary N) is 1. The van der Waals surface area contributed by atoms with Gasteiger partial charge in [-0.1, -0.05) is 24.6 Å². The van der Waals surface area contributed by atoms with Gasteiger partial charge in [-0.15, -0.1) is 0 Å². The van der Waals surface area contributed by atoms with Crippen molar-refractivity contribution >= 4 is 33.0 Å². The van der Waals surface area contributed by atoms with E-state index >= 15 is 4.39 Å². The summed E-state index contributed by atoms with van der Waals surface area (Å²) in [6.45, 7) is 1.66. The predicted octanol–water partition coefficient (Wildman–Crippen LogP) is 5.19. The van der Waals surface area contributed by atoms with Gasteiger partial charge in [0.1, 0.15) is 0 Å². The minimum absolute atomic E-state index is 0.0360. The molecule has 11 heteroatoms. The maximum atomic E-state index is 15.5. The molecule has 1 amide bonds. The van der Waals surface area contributed by atoms with Crippen LogP contribution in [0.25, 0.3) is 0 Å². The van der Waals surface area contributed by atoms with E-state index in [0.717, 1.165) is 24.3 Å². The first-order valence-corrected chi connectivity index (χ1v) is 10.9. The van der Waals surface area contributed by atoms with Gasteiger partial charge in [0.05, 0.1) is 15.6 Å². The summed E-state index contributed by atoms with van der Waals surface area (Å²) in [5.41, 5.74) is -6.76. The molecule has 1 N–H and O–H groups in total. The van der Waals surface area contributed by atoms with Crippen LogP contribution in [0.5, 0.6) is 0 Å². The molecule has 1 aromatic heterocycles. The quantitative estimate of drug-likeness (QED) is 0.616. The average molecular weight is 477 g/mol. The molecule has 1 aliphatic rings. The van der Waals surface area contributed by atoms with E-state index in [2.05, 4.69) is 10.3 Å². The Balaban J connectivity index is 1.76. The average Bonchev–Trinajstić information content (AvgIpc) is 2.67. The normalized spacial score (nSPS) is 22.0. The Morgan fingerprint density at radius 3 is 2.42 bits per heavy atom. The van der Waals surface area contributed by atoms with Crippen molar-refractivity contribution in [3.63, 3.8) is 0 Å². The number of rotatable bonds is 4. The van der Waals surface area contributed by atoms with Gasteiger partial charge in [-0.2, -0.15) is 13.2 Å². The zero-order chi connectivity index (χ0) is 23.0. The van der Waals surface area contributed by atoms with Crippen molar-refractivity contribution in [1.29, 1.82) is 0 Å². The lowest BCUT2D eigenvalue weighted by molar-refractivity contribution is -0.113. The SMILES string of the molecule is CC1CC(F)(c2ncccc2Cl)CC=C1C(=O)Nc1ccc(S(=O)(=O)C(F)(F)F)cc1. The highest BCUT2D eigenvalue weighted by Gasteiger charge is 2.46. The Morgan fingerprint density at radius 2 is 1.87 bits per heavy atom. The number of hydrogen-bond donors (Lipinski definition) is 1. The smallest absolute Gasteiger partial charge is 0.322 e. The molecule has 0 spiro atoms. The van der Waals surface area contributed by atoms with Gasteiger partial charge < -0.3 is 5.32 Å². The van der Waals surface area contributed by atoms with Crippen LogP contribution < -0.4 is 5.32 Å².